The minimum atomic E-state index is -0.622. The molecule has 0 atom stereocenters. The number of rotatable bonds is 5. The van der Waals surface area contributed by atoms with E-state index in [1.165, 1.54) is 0 Å². The number of hydrogen-bond acceptors (Lipinski definition) is 4. The van der Waals surface area contributed by atoms with Crippen molar-refractivity contribution in [2.24, 2.45) is 10.9 Å². The van der Waals surface area contributed by atoms with E-state index in [9.17, 15) is 4.79 Å². The summed E-state index contributed by atoms with van der Waals surface area (Å²) in [4.78, 5) is 16.5. The van der Waals surface area contributed by atoms with Crippen LogP contribution in [0.3, 0.4) is 0 Å². The van der Waals surface area contributed by atoms with Crippen LogP contribution in [0.1, 0.15) is 22.3 Å². The maximum absolute atomic E-state index is 11.7. The summed E-state index contributed by atoms with van der Waals surface area (Å²) in [5.74, 6) is 0.114. The topological polar surface area (TPSA) is 73.9 Å². The summed E-state index contributed by atoms with van der Waals surface area (Å²) in [6, 6.07) is 11.1. The molecule has 6 heteroatoms. The summed E-state index contributed by atoms with van der Waals surface area (Å²) in [6.07, 6.45) is 0. The van der Waals surface area contributed by atoms with Crippen LogP contribution in [0.2, 0.25) is 0 Å². The van der Waals surface area contributed by atoms with E-state index in [0.717, 1.165) is 21.2 Å². The Kier molecular flexibility index (Phi) is 5.98. The van der Waals surface area contributed by atoms with Crippen LogP contribution in [0.15, 0.2) is 46.0 Å². The number of carbonyl (C=O) groups is 1. The minimum absolute atomic E-state index is 0.138. The number of hydrogen-bond donors (Lipinski definition) is 1. The molecule has 0 radical (unpaired) electrons. The SMILES string of the molecule is Cc1ccc(C(N)=NOC(=O)COc2cc(C)c(Br)c(C)c2)cc1. The number of benzene rings is 2. The lowest BCUT2D eigenvalue weighted by Gasteiger charge is -2.09. The Balaban J connectivity index is 1.91. The molecule has 5 nitrogen and oxygen atoms in total. The molecule has 0 saturated carbocycles. The van der Waals surface area contributed by atoms with E-state index in [1.54, 1.807) is 0 Å². The van der Waals surface area contributed by atoms with Crippen LogP contribution in [0, 0.1) is 20.8 Å². The first-order chi connectivity index (χ1) is 11.4. The highest BCUT2D eigenvalue weighted by atomic mass is 79.9. The molecule has 0 amide bonds. The fourth-order valence-corrected chi connectivity index (χ4v) is 2.26. The van der Waals surface area contributed by atoms with Crippen LogP contribution in [0.5, 0.6) is 5.75 Å². The molecule has 0 unspecified atom stereocenters. The van der Waals surface area contributed by atoms with Crippen molar-refractivity contribution in [3.05, 3.63) is 63.1 Å². The van der Waals surface area contributed by atoms with Crippen LogP contribution in [0.4, 0.5) is 0 Å². The van der Waals surface area contributed by atoms with Gasteiger partial charge in [0.25, 0.3) is 0 Å². The van der Waals surface area contributed by atoms with E-state index in [0.29, 0.717) is 11.3 Å². The van der Waals surface area contributed by atoms with Crippen molar-refractivity contribution < 1.29 is 14.4 Å². The van der Waals surface area contributed by atoms with Gasteiger partial charge in [0.15, 0.2) is 12.4 Å². The van der Waals surface area contributed by atoms with Gasteiger partial charge in [0.2, 0.25) is 0 Å². The molecular formula is C18H19BrN2O3. The van der Waals surface area contributed by atoms with Gasteiger partial charge in [-0.3, -0.25) is 0 Å². The predicted octanol–water partition coefficient (Wildman–Crippen LogP) is 3.62. The molecule has 0 aliphatic heterocycles. The molecule has 2 aromatic rings. The molecule has 0 spiro atoms. The van der Waals surface area contributed by atoms with Gasteiger partial charge >= 0.3 is 5.97 Å². The van der Waals surface area contributed by atoms with Crippen molar-refractivity contribution >= 4 is 27.7 Å². The molecule has 0 aliphatic rings. The van der Waals surface area contributed by atoms with Crippen molar-refractivity contribution in [3.8, 4) is 5.75 Å². The van der Waals surface area contributed by atoms with E-state index in [1.807, 2.05) is 57.2 Å². The van der Waals surface area contributed by atoms with Crippen LogP contribution < -0.4 is 10.5 Å². The zero-order valence-corrected chi connectivity index (χ0v) is 15.4. The van der Waals surface area contributed by atoms with E-state index in [2.05, 4.69) is 21.1 Å². The number of halogens is 1. The highest BCUT2D eigenvalue weighted by Gasteiger charge is 2.08. The molecule has 0 bridgehead atoms. The molecule has 2 N–H and O–H groups in total. The zero-order valence-electron chi connectivity index (χ0n) is 13.8. The first-order valence-corrected chi connectivity index (χ1v) is 8.16. The zero-order chi connectivity index (χ0) is 17.7. The Bertz CT molecular complexity index is 747. The third-order valence-electron chi connectivity index (χ3n) is 3.36. The third-order valence-corrected chi connectivity index (χ3v) is 4.61. The van der Waals surface area contributed by atoms with Gasteiger partial charge in [-0.05, 0) is 44.0 Å². The Hall–Kier alpha value is -2.34. The predicted molar refractivity (Wildman–Crippen MR) is 97.1 cm³/mol. The summed E-state index contributed by atoms with van der Waals surface area (Å²) in [5.41, 5.74) is 9.64. The average molecular weight is 391 g/mol. The Morgan fingerprint density at radius 1 is 1.12 bits per heavy atom. The molecule has 0 aromatic heterocycles. The lowest BCUT2D eigenvalue weighted by molar-refractivity contribution is -0.146. The first kappa shape index (κ1) is 18.0. The van der Waals surface area contributed by atoms with Crippen LogP contribution in [-0.4, -0.2) is 18.4 Å². The number of nitrogens with two attached hydrogens (primary N) is 1. The summed E-state index contributed by atoms with van der Waals surface area (Å²) < 4.78 is 6.45. The molecule has 0 aliphatic carbocycles. The summed E-state index contributed by atoms with van der Waals surface area (Å²) in [6.45, 7) is 5.63. The van der Waals surface area contributed by atoms with Gasteiger partial charge < -0.3 is 15.3 Å². The van der Waals surface area contributed by atoms with Gasteiger partial charge in [0, 0.05) is 10.0 Å². The maximum atomic E-state index is 11.7. The van der Waals surface area contributed by atoms with Crippen LogP contribution in [0.25, 0.3) is 0 Å². The lowest BCUT2D eigenvalue weighted by Crippen LogP contribution is -2.18. The van der Waals surface area contributed by atoms with E-state index < -0.39 is 5.97 Å². The highest BCUT2D eigenvalue weighted by molar-refractivity contribution is 9.10. The highest BCUT2D eigenvalue weighted by Crippen LogP contribution is 2.26. The number of amidine groups is 1. The third kappa shape index (κ3) is 4.83. The maximum Gasteiger partial charge on any atom is 0.372 e. The number of carbonyl (C=O) groups excluding carboxylic acids is 1. The number of oxime groups is 1. The first-order valence-electron chi connectivity index (χ1n) is 7.36. The Labute approximate surface area is 149 Å². The average Bonchev–Trinajstić information content (AvgIpc) is 2.56. The number of aryl methyl sites for hydroxylation is 3. The van der Waals surface area contributed by atoms with Gasteiger partial charge in [-0.15, -0.1) is 0 Å². The van der Waals surface area contributed by atoms with Gasteiger partial charge in [-0.1, -0.05) is 50.9 Å². The fraction of sp³-hybridized carbons (Fsp3) is 0.222. The summed E-state index contributed by atoms with van der Waals surface area (Å²) in [7, 11) is 0. The van der Waals surface area contributed by atoms with Crippen molar-refractivity contribution in [1.29, 1.82) is 0 Å². The van der Waals surface area contributed by atoms with Crippen molar-refractivity contribution in [3.63, 3.8) is 0 Å². The smallest absolute Gasteiger partial charge is 0.372 e. The quantitative estimate of drug-likeness (QED) is 0.366. The van der Waals surface area contributed by atoms with Crippen molar-refractivity contribution in [2.75, 3.05) is 6.61 Å². The molecule has 126 valence electrons. The fourth-order valence-electron chi connectivity index (χ4n) is 2.04. The van der Waals surface area contributed by atoms with Gasteiger partial charge in [0.05, 0.1) is 0 Å². The molecule has 24 heavy (non-hydrogen) atoms. The number of ether oxygens (including phenoxy) is 1. The molecular weight excluding hydrogens is 372 g/mol. The second-order valence-corrected chi connectivity index (χ2v) is 6.26. The van der Waals surface area contributed by atoms with Crippen molar-refractivity contribution in [2.45, 2.75) is 20.8 Å². The van der Waals surface area contributed by atoms with Crippen molar-refractivity contribution in [1.82, 2.24) is 0 Å². The Morgan fingerprint density at radius 3 is 2.29 bits per heavy atom. The summed E-state index contributed by atoms with van der Waals surface area (Å²) in [5, 5.41) is 3.64. The normalized spacial score (nSPS) is 11.2. The monoisotopic (exact) mass is 390 g/mol. The van der Waals surface area contributed by atoms with Gasteiger partial charge in [-0.2, -0.15) is 0 Å². The molecule has 2 rings (SSSR count). The minimum Gasteiger partial charge on any atom is -0.482 e. The number of nitrogens with zero attached hydrogens (tertiary/aromatic N) is 1. The Morgan fingerprint density at radius 2 is 1.71 bits per heavy atom. The molecule has 0 saturated heterocycles. The lowest BCUT2D eigenvalue weighted by atomic mass is 10.1. The molecule has 0 fully saturated rings. The molecule has 2 aromatic carbocycles. The van der Waals surface area contributed by atoms with Gasteiger partial charge in [0.1, 0.15) is 5.75 Å². The van der Waals surface area contributed by atoms with Crippen LogP contribution in [-0.2, 0) is 9.63 Å². The summed E-state index contributed by atoms with van der Waals surface area (Å²) >= 11 is 3.48. The second-order valence-electron chi connectivity index (χ2n) is 5.47. The van der Waals surface area contributed by atoms with Gasteiger partial charge in [-0.25, -0.2) is 4.79 Å². The van der Waals surface area contributed by atoms with E-state index in [4.69, 9.17) is 15.3 Å². The standard InChI is InChI=1S/C18H19BrN2O3/c1-11-4-6-14(7-5-11)18(20)21-24-16(22)10-23-15-8-12(2)17(19)13(3)9-15/h4-9H,10H2,1-3H3,(H2,20,21). The van der Waals surface area contributed by atoms with E-state index in [-0.39, 0.29) is 12.4 Å². The second kappa shape index (κ2) is 7.97. The van der Waals surface area contributed by atoms with Crippen LogP contribution >= 0.6 is 15.9 Å². The molecule has 0 heterocycles. The largest absolute Gasteiger partial charge is 0.482 e. The van der Waals surface area contributed by atoms with E-state index >= 15 is 0 Å².